The largest absolute Gasteiger partial charge is 0.466 e. The lowest BCUT2D eigenvalue weighted by atomic mass is 9.34. The number of fused-ring (bicyclic) bond motifs is 7. The predicted molar refractivity (Wildman–Crippen MR) is 151 cm³/mol. The van der Waals surface area contributed by atoms with Gasteiger partial charge < -0.3 is 10.5 Å². The van der Waals surface area contributed by atoms with E-state index in [1.807, 2.05) is 6.92 Å². The monoisotopic (exact) mass is 507 g/mol. The van der Waals surface area contributed by atoms with Crippen molar-refractivity contribution in [2.75, 3.05) is 6.61 Å². The van der Waals surface area contributed by atoms with E-state index in [4.69, 9.17) is 10.5 Å². The summed E-state index contributed by atoms with van der Waals surface area (Å²) in [5.74, 6) is 3.88. The highest BCUT2D eigenvalue weighted by molar-refractivity contribution is 5.73. The molecule has 0 saturated heterocycles. The van der Waals surface area contributed by atoms with Gasteiger partial charge >= 0.3 is 5.97 Å². The van der Waals surface area contributed by atoms with Crippen LogP contribution in [0.4, 0.5) is 0 Å². The maximum absolute atomic E-state index is 12.3. The van der Waals surface area contributed by atoms with Gasteiger partial charge in [-0.1, -0.05) is 46.3 Å². The first-order chi connectivity index (χ1) is 17.6. The Morgan fingerprint density at radius 3 is 2.49 bits per heavy atom. The second-order valence-corrected chi connectivity index (χ2v) is 15.1. The Balaban J connectivity index is 1.25. The molecule has 6 aliphatic carbocycles. The third kappa shape index (κ3) is 3.64. The molecule has 3 heteroatoms. The van der Waals surface area contributed by atoms with Gasteiger partial charge in [0.1, 0.15) is 0 Å². The Kier molecular flexibility index (Phi) is 6.34. The number of carbonyl (C=O) groups is 1. The van der Waals surface area contributed by atoms with Crippen LogP contribution in [-0.4, -0.2) is 18.1 Å². The van der Waals surface area contributed by atoms with Crippen LogP contribution >= 0.6 is 0 Å². The molecule has 3 nitrogen and oxygen atoms in total. The molecule has 10 atom stereocenters. The first-order valence-corrected chi connectivity index (χ1v) is 15.9. The van der Waals surface area contributed by atoms with Crippen molar-refractivity contribution in [2.24, 2.45) is 57.5 Å². The smallest absolute Gasteiger partial charge is 0.309 e. The average molecular weight is 508 g/mol. The number of carbonyl (C=O) groups excluding carboxylic acids is 1. The Bertz CT molecular complexity index is 998. The van der Waals surface area contributed by atoms with E-state index in [0.717, 1.165) is 42.9 Å². The molecule has 37 heavy (non-hydrogen) atoms. The van der Waals surface area contributed by atoms with Crippen LogP contribution in [-0.2, 0) is 9.53 Å². The van der Waals surface area contributed by atoms with Gasteiger partial charge in [-0.3, -0.25) is 4.79 Å². The Morgan fingerprint density at radius 1 is 0.946 bits per heavy atom. The second-order valence-electron chi connectivity index (χ2n) is 15.1. The van der Waals surface area contributed by atoms with Crippen LogP contribution in [0.3, 0.4) is 0 Å². The number of hydrogen-bond acceptors (Lipinski definition) is 3. The van der Waals surface area contributed by atoms with Gasteiger partial charge in [0, 0.05) is 5.54 Å². The zero-order valence-electron chi connectivity index (χ0n) is 24.4. The molecule has 6 rings (SSSR count). The topological polar surface area (TPSA) is 52.3 Å². The molecule has 9 unspecified atom stereocenters. The van der Waals surface area contributed by atoms with Crippen molar-refractivity contribution < 1.29 is 9.53 Å². The van der Waals surface area contributed by atoms with Gasteiger partial charge in [-0.25, -0.2) is 0 Å². The molecule has 2 N–H and O–H groups in total. The van der Waals surface area contributed by atoms with Crippen LogP contribution in [0.25, 0.3) is 0 Å². The third-order valence-corrected chi connectivity index (χ3v) is 14.0. The highest BCUT2D eigenvalue weighted by Gasteiger charge is 2.68. The molecule has 4 fully saturated rings. The van der Waals surface area contributed by atoms with Gasteiger partial charge in [0.25, 0.3) is 0 Å². The van der Waals surface area contributed by atoms with Crippen LogP contribution in [0.5, 0.6) is 0 Å². The number of ether oxygens (including phenoxy) is 1. The predicted octanol–water partition coefficient (Wildman–Crippen LogP) is 7.99. The minimum atomic E-state index is -0.00101. The highest BCUT2D eigenvalue weighted by atomic mass is 16.5. The lowest BCUT2D eigenvalue weighted by Gasteiger charge is -2.71. The molecule has 0 aliphatic heterocycles. The lowest BCUT2D eigenvalue weighted by molar-refractivity contribution is -0.210. The van der Waals surface area contributed by atoms with E-state index in [1.165, 1.54) is 69.8 Å². The van der Waals surface area contributed by atoms with Crippen molar-refractivity contribution in [3.05, 3.63) is 23.3 Å². The zero-order valence-corrected chi connectivity index (χ0v) is 24.4. The fourth-order valence-corrected chi connectivity index (χ4v) is 11.9. The van der Waals surface area contributed by atoms with Gasteiger partial charge in [0.05, 0.1) is 12.5 Å². The summed E-state index contributed by atoms with van der Waals surface area (Å²) in [4.78, 5) is 12.3. The maximum Gasteiger partial charge on any atom is 0.309 e. The molecule has 4 saturated carbocycles. The molecular weight excluding hydrogens is 454 g/mol. The van der Waals surface area contributed by atoms with Crippen molar-refractivity contribution in [3.8, 4) is 0 Å². The van der Waals surface area contributed by atoms with Crippen LogP contribution < -0.4 is 5.73 Å². The van der Waals surface area contributed by atoms with E-state index in [2.05, 4.69) is 39.8 Å². The van der Waals surface area contributed by atoms with E-state index in [0.29, 0.717) is 28.8 Å². The van der Waals surface area contributed by atoms with Gasteiger partial charge in [-0.2, -0.15) is 0 Å². The molecule has 0 amide bonds. The minimum Gasteiger partial charge on any atom is -0.466 e. The summed E-state index contributed by atoms with van der Waals surface area (Å²) in [6.07, 6.45) is 21.3. The van der Waals surface area contributed by atoms with E-state index in [9.17, 15) is 4.79 Å². The van der Waals surface area contributed by atoms with E-state index in [1.54, 1.807) is 5.57 Å². The first-order valence-electron chi connectivity index (χ1n) is 15.9. The molecule has 206 valence electrons. The third-order valence-electron chi connectivity index (χ3n) is 14.0. The molecule has 0 bridgehead atoms. The van der Waals surface area contributed by atoms with E-state index < -0.39 is 0 Å². The number of rotatable bonds is 3. The van der Waals surface area contributed by atoms with Gasteiger partial charge in [0.2, 0.25) is 0 Å². The number of allylic oxidation sites excluding steroid dienone is 4. The first kappa shape index (κ1) is 26.1. The van der Waals surface area contributed by atoms with Crippen molar-refractivity contribution in [3.63, 3.8) is 0 Å². The maximum atomic E-state index is 12.3. The summed E-state index contributed by atoms with van der Waals surface area (Å²) in [5.41, 5.74) is 11.7. The summed E-state index contributed by atoms with van der Waals surface area (Å²) >= 11 is 0. The zero-order chi connectivity index (χ0) is 26.2. The molecule has 0 radical (unpaired) electrons. The summed E-state index contributed by atoms with van der Waals surface area (Å²) < 4.78 is 5.31. The van der Waals surface area contributed by atoms with E-state index in [-0.39, 0.29) is 17.4 Å². The summed E-state index contributed by atoms with van der Waals surface area (Å²) in [5, 5.41) is 0. The standard InChI is InChI=1S/C34H53NO2/c1-6-37-30(36)24-11-9-23(10-12-24)25-15-18-31(3)26(22(25)2)16-19-33(5)29(31)14-13-27-28-8-7-17-34(28,35)21-20-32(27,33)4/h9,15,22,24,26-29H,6-8,10-14,16-21,35H2,1-5H3/t22?,24?,26?,27?,28?,29?,31?,32-,33?,34?/m1/s1. The van der Waals surface area contributed by atoms with Crippen LogP contribution in [0.1, 0.15) is 118 Å². The minimum absolute atomic E-state index is 0.00101. The van der Waals surface area contributed by atoms with Crippen molar-refractivity contribution in [1.82, 2.24) is 0 Å². The molecule has 0 aromatic rings. The van der Waals surface area contributed by atoms with Crippen LogP contribution in [0.2, 0.25) is 0 Å². The number of nitrogens with two attached hydrogens (primary N) is 1. The van der Waals surface area contributed by atoms with Crippen molar-refractivity contribution >= 4 is 5.97 Å². The molecule has 0 aromatic heterocycles. The van der Waals surface area contributed by atoms with Crippen molar-refractivity contribution in [1.29, 1.82) is 0 Å². The van der Waals surface area contributed by atoms with Gasteiger partial charge in [-0.15, -0.1) is 0 Å². The van der Waals surface area contributed by atoms with Crippen molar-refractivity contribution in [2.45, 2.75) is 124 Å². The summed E-state index contributed by atoms with van der Waals surface area (Å²) in [6, 6.07) is 0. The fourth-order valence-electron chi connectivity index (χ4n) is 11.9. The fraction of sp³-hybridized carbons (Fsp3) is 0.853. The molecule has 0 heterocycles. The summed E-state index contributed by atoms with van der Waals surface area (Å²) in [7, 11) is 0. The molecule has 6 aliphatic rings. The Hall–Kier alpha value is -1.09. The summed E-state index contributed by atoms with van der Waals surface area (Å²) in [6.45, 7) is 13.1. The SMILES string of the molecule is CCOC(=O)C1CC=C(C2=CCC3(C)C(CCC4(C)C3CCC3C5CCCC5(N)CC[C@]34C)C2C)CC1. The number of esters is 1. The average Bonchev–Trinajstić information content (AvgIpc) is 3.27. The molecule has 0 spiro atoms. The normalized spacial score (nSPS) is 51.1. The highest BCUT2D eigenvalue weighted by Crippen LogP contribution is 2.74. The molecular formula is C34H53NO2. The lowest BCUT2D eigenvalue weighted by Crippen LogP contribution is -2.66. The Morgan fingerprint density at radius 2 is 1.76 bits per heavy atom. The van der Waals surface area contributed by atoms with Gasteiger partial charge in [0.15, 0.2) is 0 Å². The Labute approximate surface area is 226 Å². The molecule has 0 aromatic carbocycles. The van der Waals surface area contributed by atoms with Crippen LogP contribution in [0, 0.1) is 51.8 Å². The van der Waals surface area contributed by atoms with Gasteiger partial charge in [-0.05, 0) is 141 Å². The van der Waals surface area contributed by atoms with Crippen LogP contribution in [0.15, 0.2) is 23.3 Å². The quantitative estimate of drug-likeness (QED) is 0.394. The number of hydrogen-bond donors (Lipinski definition) is 1. The second kappa shape index (κ2) is 8.97. The van der Waals surface area contributed by atoms with E-state index >= 15 is 0 Å².